The molecule has 0 spiro atoms. The van der Waals surface area contributed by atoms with Gasteiger partial charge in [-0.25, -0.2) is 4.79 Å². The maximum atomic E-state index is 12.4. The molecule has 1 amide bonds. The van der Waals surface area contributed by atoms with Gasteiger partial charge in [0, 0.05) is 6.42 Å². The highest BCUT2D eigenvalue weighted by Crippen LogP contribution is 2.68. The van der Waals surface area contributed by atoms with Crippen molar-refractivity contribution in [1.29, 1.82) is 0 Å². The van der Waals surface area contributed by atoms with Crippen molar-refractivity contribution in [3.8, 4) is 0 Å². The lowest BCUT2D eigenvalue weighted by atomic mass is 9.44. The van der Waals surface area contributed by atoms with Crippen LogP contribution in [-0.4, -0.2) is 56.7 Å². The molecule has 4 rings (SSSR count). The Bertz CT molecular complexity index is 802. The van der Waals surface area contributed by atoms with Crippen molar-refractivity contribution in [3.05, 3.63) is 0 Å². The van der Waals surface area contributed by atoms with Crippen LogP contribution in [0.2, 0.25) is 0 Å². The molecule has 12 atom stereocenters. The van der Waals surface area contributed by atoms with Crippen LogP contribution in [0.4, 0.5) is 0 Å². The highest BCUT2D eigenvalue weighted by atomic mass is 16.4. The molecule has 200 valence electrons. The second-order valence-corrected chi connectivity index (χ2v) is 13.1. The van der Waals surface area contributed by atoms with Crippen molar-refractivity contribution >= 4 is 11.9 Å². The van der Waals surface area contributed by atoms with Gasteiger partial charge in [0.15, 0.2) is 6.04 Å². The first-order chi connectivity index (χ1) is 16.4. The fourth-order valence-corrected chi connectivity index (χ4v) is 9.45. The molecule has 0 saturated heterocycles. The molecule has 0 unspecified atom stereocenters. The summed E-state index contributed by atoms with van der Waals surface area (Å²) >= 11 is 0. The first kappa shape index (κ1) is 26.9. The minimum absolute atomic E-state index is 0.120. The second-order valence-electron chi connectivity index (χ2n) is 13.1. The Balaban J connectivity index is 1.41. The maximum Gasteiger partial charge on any atom is 0.328 e. The van der Waals surface area contributed by atoms with Crippen LogP contribution in [0.3, 0.4) is 0 Å². The molecule has 5 N–H and O–H groups in total. The van der Waals surface area contributed by atoms with Gasteiger partial charge in [-0.1, -0.05) is 20.8 Å². The summed E-state index contributed by atoms with van der Waals surface area (Å²) in [4.78, 5) is 23.7. The number of nitrogens with one attached hydrogen (secondary N) is 1. The van der Waals surface area contributed by atoms with Crippen molar-refractivity contribution in [2.24, 2.45) is 46.3 Å². The average molecular weight is 494 g/mol. The summed E-state index contributed by atoms with van der Waals surface area (Å²) < 4.78 is 0. The van der Waals surface area contributed by atoms with E-state index in [1.807, 2.05) is 0 Å². The Morgan fingerprint density at radius 2 is 1.60 bits per heavy atom. The fourth-order valence-electron chi connectivity index (χ4n) is 9.45. The van der Waals surface area contributed by atoms with Gasteiger partial charge < -0.3 is 25.7 Å². The number of fused-ring (bicyclic) bond motifs is 5. The Morgan fingerprint density at radius 3 is 2.26 bits per heavy atom. The molecule has 35 heavy (non-hydrogen) atoms. The lowest BCUT2D eigenvalue weighted by Crippen LogP contribution is -2.58. The molecule has 0 heterocycles. The molecule has 4 saturated carbocycles. The quantitative estimate of drug-likeness (QED) is 0.370. The zero-order chi connectivity index (χ0) is 25.7. The van der Waals surface area contributed by atoms with Gasteiger partial charge in [0.2, 0.25) is 5.91 Å². The summed E-state index contributed by atoms with van der Waals surface area (Å²) in [5.74, 6) is 1.28. The number of rotatable bonds is 7. The number of hydrogen-bond acceptors (Lipinski definition) is 5. The highest BCUT2D eigenvalue weighted by molar-refractivity contribution is 5.83. The van der Waals surface area contributed by atoms with E-state index in [9.17, 15) is 30.0 Å². The van der Waals surface area contributed by atoms with Gasteiger partial charge in [0.25, 0.3) is 0 Å². The number of carbonyl (C=O) groups excluding carboxylic acids is 1. The molecular weight excluding hydrogens is 446 g/mol. The Hall–Kier alpha value is -1.18. The largest absolute Gasteiger partial charge is 0.480 e. The number of carbonyl (C=O) groups is 2. The van der Waals surface area contributed by atoms with Gasteiger partial charge in [-0.05, 0) is 111 Å². The van der Waals surface area contributed by atoms with Gasteiger partial charge in [-0.2, -0.15) is 0 Å². The molecule has 7 heteroatoms. The fraction of sp³-hybridized carbons (Fsp3) is 0.929. The molecular formula is C28H47NO6. The van der Waals surface area contributed by atoms with Gasteiger partial charge in [-0.3, -0.25) is 4.79 Å². The Morgan fingerprint density at radius 1 is 0.943 bits per heavy atom. The van der Waals surface area contributed by atoms with Crippen molar-refractivity contribution in [2.75, 3.05) is 0 Å². The van der Waals surface area contributed by atoms with Gasteiger partial charge in [-0.15, -0.1) is 0 Å². The number of hydrogen-bond donors (Lipinski definition) is 5. The topological polar surface area (TPSA) is 127 Å². The standard InChI is InChI=1S/C28H47NO6/c1-15(5-8-24(33)29-25(16(2)30)26(34)35)19-6-7-20-18-14-23(32)22-13-17(31)9-11-28(22,4)21(18)10-12-27(19,20)3/h15-23,25,30-32H,5-14H2,1-4H3,(H,29,33)(H,34,35)/t15-,16-,17-,18+,19-,20+,21+,22+,23+,25+,27-,28-/m1/s1. The van der Waals surface area contributed by atoms with Gasteiger partial charge >= 0.3 is 5.97 Å². The predicted octanol–water partition coefficient (Wildman–Crippen LogP) is 3.34. The summed E-state index contributed by atoms with van der Waals surface area (Å²) in [6, 6.07) is -1.27. The minimum Gasteiger partial charge on any atom is -0.480 e. The second kappa shape index (κ2) is 9.94. The van der Waals surface area contributed by atoms with Gasteiger partial charge in [0.05, 0.1) is 18.3 Å². The van der Waals surface area contributed by atoms with Crippen LogP contribution < -0.4 is 5.32 Å². The molecule has 4 aliphatic rings. The summed E-state index contributed by atoms with van der Waals surface area (Å²) in [5.41, 5.74) is 0.326. The van der Waals surface area contributed by atoms with Crippen LogP contribution in [0.15, 0.2) is 0 Å². The lowest BCUT2D eigenvalue weighted by molar-refractivity contribution is -0.172. The molecule has 4 aliphatic carbocycles. The first-order valence-corrected chi connectivity index (χ1v) is 13.9. The highest BCUT2D eigenvalue weighted by Gasteiger charge is 2.62. The summed E-state index contributed by atoms with van der Waals surface area (Å²) in [6.45, 7) is 8.44. The van der Waals surface area contributed by atoms with E-state index in [1.54, 1.807) is 0 Å². The van der Waals surface area contributed by atoms with Crippen LogP contribution in [0.1, 0.15) is 91.9 Å². The number of aliphatic hydroxyl groups excluding tert-OH is 3. The number of carboxylic acid groups (broad SMARTS) is 1. The molecule has 7 nitrogen and oxygen atoms in total. The summed E-state index contributed by atoms with van der Waals surface area (Å²) in [7, 11) is 0. The smallest absolute Gasteiger partial charge is 0.328 e. The minimum atomic E-state index is -1.27. The van der Waals surface area contributed by atoms with Crippen LogP contribution in [0.25, 0.3) is 0 Å². The van der Waals surface area contributed by atoms with E-state index in [-0.39, 0.29) is 41.3 Å². The summed E-state index contributed by atoms with van der Waals surface area (Å²) in [5, 5.41) is 42.8. The monoisotopic (exact) mass is 493 g/mol. The van der Waals surface area contributed by atoms with Crippen LogP contribution in [0, 0.1) is 46.3 Å². The predicted molar refractivity (Wildman–Crippen MR) is 132 cm³/mol. The van der Waals surface area contributed by atoms with E-state index in [0.717, 1.165) is 32.1 Å². The van der Waals surface area contributed by atoms with Crippen LogP contribution >= 0.6 is 0 Å². The number of aliphatic hydroxyl groups is 3. The van der Waals surface area contributed by atoms with Crippen LogP contribution in [-0.2, 0) is 9.59 Å². The van der Waals surface area contributed by atoms with E-state index in [0.29, 0.717) is 36.0 Å². The van der Waals surface area contributed by atoms with E-state index in [1.165, 1.54) is 26.2 Å². The molecule has 0 aliphatic heterocycles. The third-order valence-electron chi connectivity index (χ3n) is 11.3. The third-order valence-corrected chi connectivity index (χ3v) is 11.3. The van der Waals surface area contributed by atoms with Crippen LogP contribution in [0.5, 0.6) is 0 Å². The van der Waals surface area contributed by atoms with Crippen molar-refractivity contribution in [2.45, 2.75) is 116 Å². The number of carboxylic acids is 1. The van der Waals surface area contributed by atoms with E-state index >= 15 is 0 Å². The molecule has 4 fully saturated rings. The molecule has 0 aromatic carbocycles. The third kappa shape index (κ3) is 4.77. The first-order valence-electron chi connectivity index (χ1n) is 13.9. The van der Waals surface area contributed by atoms with E-state index in [2.05, 4.69) is 26.1 Å². The number of amides is 1. The number of aliphatic carboxylic acids is 1. The summed E-state index contributed by atoms with van der Waals surface area (Å²) in [6.07, 6.45) is 7.40. The zero-order valence-corrected chi connectivity index (χ0v) is 21.9. The van der Waals surface area contributed by atoms with E-state index in [4.69, 9.17) is 0 Å². The average Bonchev–Trinajstić information content (AvgIpc) is 3.14. The van der Waals surface area contributed by atoms with Crippen molar-refractivity contribution < 1.29 is 30.0 Å². The lowest BCUT2D eigenvalue weighted by Gasteiger charge is -2.62. The SMILES string of the molecule is C[C@H](CCC(=O)N[C@H](C(=O)O)[C@@H](C)O)[C@H]1CC[C@H]2[C@@H]3C[C@H](O)[C@@H]4C[C@H](O)CC[C@]4(C)[C@H]3CC[C@]12C. The van der Waals surface area contributed by atoms with Crippen molar-refractivity contribution in [3.63, 3.8) is 0 Å². The van der Waals surface area contributed by atoms with Crippen molar-refractivity contribution in [1.82, 2.24) is 5.32 Å². The molecule has 0 radical (unpaired) electrons. The Kier molecular flexibility index (Phi) is 7.63. The normalized spacial score (nSPS) is 45.4. The Labute approximate surface area is 210 Å². The maximum absolute atomic E-state index is 12.4. The molecule has 0 aromatic heterocycles. The molecule has 0 bridgehead atoms. The molecule has 0 aromatic rings. The zero-order valence-electron chi connectivity index (χ0n) is 21.9. The van der Waals surface area contributed by atoms with Gasteiger partial charge in [0.1, 0.15) is 0 Å². The van der Waals surface area contributed by atoms with E-state index < -0.39 is 18.1 Å².